The summed E-state index contributed by atoms with van der Waals surface area (Å²) in [4.78, 5) is 12.2. The first-order chi connectivity index (χ1) is 14.6. The van der Waals surface area contributed by atoms with Gasteiger partial charge in [0.05, 0.1) is 0 Å². The van der Waals surface area contributed by atoms with E-state index in [0.717, 1.165) is 6.42 Å². The first-order valence-corrected chi connectivity index (χ1v) is 10.7. The van der Waals surface area contributed by atoms with Crippen molar-refractivity contribution >= 4 is 13.7 Å². The molecule has 168 valence electrons. The molecule has 31 heavy (non-hydrogen) atoms. The molecule has 12 heteroatoms. The summed E-state index contributed by atoms with van der Waals surface area (Å²) in [5.74, 6) is -14.5. The maximum absolute atomic E-state index is 14.1. The van der Waals surface area contributed by atoms with Crippen LogP contribution in [0.2, 0.25) is 0 Å². The minimum Gasteiger partial charge on any atom is -0.461 e. The summed E-state index contributed by atoms with van der Waals surface area (Å²) in [6.07, 6.45) is 1.86. The Bertz CT molecular complexity index is 989. The highest BCUT2D eigenvalue weighted by Crippen LogP contribution is 2.47. The van der Waals surface area contributed by atoms with Gasteiger partial charge in [0.15, 0.2) is 0 Å². The molecule has 0 saturated heterocycles. The van der Waals surface area contributed by atoms with Crippen molar-refractivity contribution < 1.29 is 45.1 Å². The predicted octanol–water partition coefficient (Wildman–Crippen LogP) is 5.02. The van der Waals surface area contributed by atoms with Gasteiger partial charge in [-0.3, -0.25) is 4.79 Å². The van der Waals surface area contributed by atoms with Gasteiger partial charge in [0.25, 0.3) is 0 Å². The fraction of sp³-hybridized carbons (Fsp3) is 0.316. The smallest absolute Gasteiger partial charge is 0.461 e. The van der Waals surface area contributed by atoms with Crippen molar-refractivity contribution in [2.45, 2.75) is 38.3 Å². The summed E-state index contributed by atoms with van der Waals surface area (Å²) in [5.41, 5.74) is 0. The van der Waals surface area contributed by atoms with Gasteiger partial charge in [0, 0.05) is 0 Å². The first kappa shape index (κ1) is 23.0. The molecule has 1 saturated carbocycles. The van der Waals surface area contributed by atoms with Gasteiger partial charge in [-0.2, -0.15) is 13.9 Å². The third kappa shape index (κ3) is 5.16. The van der Waals surface area contributed by atoms with E-state index in [1.165, 1.54) is 31.2 Å². The number of para-hydroxylation sites is 1. The van der Waals surface area contributed by atoms with Crippen molar-refractivity contribution in [1.29, 1.82) is 0 Å². The van der Waals surface area contributed by atoms with Gasteiger partial charge in [-0.1, -0.05) is 18.2 Å². The van der Waals surface area contributed by atoms with Crippen molar-refractivity contribution in [2.24, 2.45) is 0 Å². The molecule has 1 fully saturated rings. The molecule has 3 rings (SSSR count). The normalized spacial score (nSPS) is 16.7. The van der Waals surface area contributed by atoms with E-state index in [-0.39, 0.29) is 11.9 Å². The summed E-state index contributed by atoms with van der Waals surface area (Å²) < 4.78 is 96.6. The number of carbonyl (C=O) groups is 1. The van der Waals surface area contributed by atoms with E-state index >= 15 is 0 Å². The Labute approximate surface area is 173 Å². The van der Waals surface area contributed by atoms with Crippen LogP contribution in [-0.4, -0.2) is 18.1 Å². The van der Waals surface area contributed by atoms with E-state index in [2.05, 4.69) is 9.61 Å². The van der Waals surface area contributed by atoms with Crippen molar-refractivity contribution in [1.82, 2.24) is 5.09 Å². The summed E-state index contributed by atoms with van der Waals surface area (Å²) in [6, 6.07) is 5.74. The quantitative estimate of drug-likeness (QED) is 0.194. The third-order valence-electron chi connectivity index (χ3n) is 4.39. The molecule has 2 unspecified atom stereocenters. The number of benzene rings is 2. The van der Waals surface area contributed by atoms with Crippen LogP contribution in [-0.2, 0) is 14.1 Å². The number of ether oxygens (including phenoxy) is 1. The Morgan fingerprint density at radius 3 is 2.03 bits per heavy atom. The zero-order chi connectivity index (χ0) is 22.8. The molecule has 2 aromatic carbocycles. The Hall–Kier alpha value is -2.65. The molecule has 0 heterocycles. The van der Waals surface area contributed by atoms with Crippen molar-refractivity contribution in [2.75, 3.05) is 0 Å². The van der Waals surface area contributed by atoms with Crippen molar-refractivity contribution in [3.8, 4) is 11.5 Å². The number of esters is 1. The predicted molar refractivity (Wildman–Crippen MR) is 97.9 cm³/mol. The van der Waals surface area contributed by atoms with Gasteiger partial charge in [-0.15, -0.1) is 0 Å². The SMILES string of the molecule is CC(NP(=O)(Oc1ccccc1)Oc1c(F)c(F)c(F)c(F)c1F)C(=O)OC1CCC1. The molecule has 0 aliphatic heterocycles. The highest BCUT2D eigenvalue weighted by molar-refractivity contribution is 7.52. The molecule has 0 radical (unpaired) electrons. The molecular weight excluding hydrogens is 448 g/mol. The second-order valence-electron chi connectivity index (χ2n) is 6.73. The lowest BCUT2D eigenvalue weighted by molar-refractivity contribution is -0.154. The van der Waals surface area contributed by atoms with Crippen LogP contribution < -0.4 is 14.1 Å². The minimum absolute atomic E-state index is 0.123. The largest absolute Gasteiger partial charge is 0.513 e. The van der Waals surface area contributed by atoms with Gasteiger partial charge in [-0.25, -0.2) is 17.7 Å². The van der Waals surface area contributed by atoms with Gasteiger partial charge >= 0.3 is 13.7 Å². The average molecular weight is 465 g/mol. The number of halogens is 5. The van der Waals surface area contributed by atoms with E-state index < -0.39 is 54.6 Å². The van der Waals surface area contributed by atoms with E-state index in [1.807, 2.05) is 0 Å². The number of rotatable bonds is 8. The fourth-order valence-electron chi connectivity index (χ4n) is 2.52. The highest BCUT2D eigenvalue weighted by Gasteiger charge is 2.39. The number of carbonyl (C=O) groups excluding carboxylic acids is 1. The van der Waals surface area contributed by atoms with E-state index in [9.17, 15) is 31.3 Å². The molecule has 1 aliphatic rings. The maximum Gasteiger partial charge on any atom is 0.513 e. The molecular formula is C19H17F5NO5P. The van der Waals surface area contributed by atoms with Crippen LogP contribution in [0.25, 0.3) is 0 Å². The zero-order valence-electron chi connectivity index (χ0n) is 16.0. The lowest BCUT2D eigenvalue weighted by Gasteiger charge is -2.28. The fourth-order valence-corrected chi connectivity index (χ4v) is 4.04. The lowest BCUT2D eigenvalue weighted by Crippen LogP contribution is -2.39. The zero-order valence-corrected chi connectivity index (χ0v) is 16.9. The maximum atomic E-state index is 14.1. The average Bonchev–Trinajstić information content (AvgIpc) is 2.71. The van der Waals surface area contributed by atoms with Gasteiger partial charge in [0.1, 0.15) is 17.9 Å². The Morgan fingerprint density at radius 1 is 0.968 bits per heavy atom. The van der Waals surface area contributed by atoms with Gasteiger partial charge in [-0.05, 0) is 38.3 Å². The highest BCUT2D eigenvalue weighted by atomic mass is 31.2. The second kappa shape index (κ2) is 9.23. The third-order valence-corrected chi connectivity index (χ3v) is 5.97. The number of hydrogen-bond acceptors (Lipinski definition) is 5. The lowest BCUT2D eigenvalue weighted by atomic mass is 9.96. The minimum atomic E-state index is -4.90. The Morgan fingerprint density at radius 2 is 1.52 bits per heavy atom. The second-order valence-corrected chi connectivity index (χ2v) is 8.35. The van der Waals surface area contributed by atoms with Crippen molar-refractivity contribution in [3.05, 3.63) is 59.4 Å². The summed E-state index contributed by atoms with van der Waals surface area (Å²) in [5, 5.41) is 2.12. The first-order valence-electron chi connectivity index (χ1n) is 9.15. The van der Waals surface area contributed by atoms with Crippen LogP contribution >= 0.6 is 7.75 Å². The standard InChI is InChI=1S/C19H17F5NO5P/c1-10(19(26)28-11-8-5-9-11)25-31(27,29-12-6-3-2-4-7-12)30-18-16(23)14(21)13(20)15(22)17(18)24/h2-4,6-7,10-11H,5,8-9H2,1H3,(H,25,27). The molecule has 1 N–H and O–H groups in total. The van der Waals surface area contributed by atoms with Gasteiger partial charge < -0.3 is 13.8 Å². The summed E-state index contributed by atoms with van der Waals surface area (Å²) in [7, 11) is -4.90. The van der Waals surface area contributed by atoms with E-state index in [4.69, 9.17) is 9.26 Å². The summed E-state index contributed by atoms with van der Waals surface area (Å²) >= 11 is 0. The molecule has 6 nitrogen and oxygen atoms in total. The molecule has 2 aromatic rings. The van der Waals surface area contributed by atoms with Crippen LogP contribution in [0.4, 0.5) is 22.0 Å². The van der Waals surface area contributed by atoms with Crippen molar-refractivity contribution in [3.63, 3.8) is 0 Å². The monoisotopic (exact) mass is 465 g/mol. The molecule has 0 amide bonds. The topological polar surface area (TPSA) is 73.9 Å². The Balaban J connectivity index is 1.91. The number of hydrogen-bond donors (Lipinski definition) is 1. The molecule has 0 aromatic heterocycles. The molecule has 0 bridgehead atoms. The molecule has 1 aliphatic carbocycles. The number of nitrogens with one attached hydrogen (secondary N) is 1. The van der Waals surface area contributed by atoms with Gasteiger partial charge in [0.2, 0.25) is 34.8 Å². The summed E-state index contributed by atoms with van der Waals surface area (Å²) in [6.45, 7) is 1.21. The molecule has 0 spiro atoms. The van der Waals surface area contributed by atoms with E-state index in [1.54, 1.807) is 6.07 Å². The van der Waals surface area contributed by atoms with Crippen LogP contribution in [0.1, 0.15) is 26.2 Å². The van der Waals surface area contributed by atoms with Crippen LogP contribution in [0.3, 0.4) is 0 Å². The van der Waals surface area contributed by atoms with E-state index in [0.29, 0.717) is 12.8 Å². The van der Waals surface area contributed by atoms with Crippen LogP contribution in [0.5, 0.6) is 11.5 Å². The molecule has 2 atom stereocenters. The van der Waals surface area contributed by atoms with Crippen LogP contribution in [0.15, 0.2) is 30.3 Å². The van der Waals surface area contributed by atoms with Crippen LogP contribution in [0, 0.1) is 29.1 Å². The Kier molecular flexibility index (Phi) is 6.86.